The molecular formula is C36H38F2O6. The summed E-state index contributed by atoms with van der Waals surface area (Å²) in [7, 11) is 0. The second kappa shape index (κ2) is 16.1. The van der Waals surface area contributed by atoms with Crippen LogP contribution in [-0.2, 0) is 35.0 Å². The first-order valence-corrected chi connectivity index (χ1v) is 15.2. The molecule has 0 bridgehead atoms. The predicted octanol–water partition coefficient (Wildman–Crippen LogP) is 7.45. The largest absolute Gasteiger partial charge is 0.464 e. The number of halogens is 2. The van der Waals surface area contributed by atoms with Crippen molar-refractivity contribution in [1.29, 1.82) is 0 Å². The minimum Gasteiger partial charge on any atom is -0.464 e. The van der Waals surface area contributed by atoms with Gasteiger partial charge in [-0.25, -0.2) is 18.4 Å². The molecule has 2 atom stereocenters. The average Bonchev–Trinajstić information content (AvgIpc) is 3.49. The van der Waals surface area contributed by atoms with Crippen LogP contribution in [-0.4, -0.2) is 37.4 Å². The average molecular weight is 605 g/mol. The fourth-order valence-electron chi connectivity index (χ4n) is 4.63. The minimum atomic E-state index is -1.26. The number of carbonyl (C=O) groups is 2. The van der Waals surface area contributed by atoms with Crippen molar-refractivity contribution in [2.45, 2.75) is 77.8 Å². The van der Waals surface area contributed by atoms with Gasteiger partial charge in [-0.1, -0.05) is 88.3 Å². The summed E-state index contributed by atoms with van der Waals surface area (Å²) in [5.41, 5.74) is 2.93. The maximum atomic E-state index is 15.0. The molecule has 1 fully saturated rings. The number of aryl methyl sites for hydroxylation is 1. The zero-order valence-electron chi connectivity index (χ0n) is 25.4. The molecule has 0 amide bonds. The zero-order valence-corrected chi connectivity index (χ0v) is 25.4. The summed E-state index contributed by atoms with van der Waals surface area (Å²) in [6.45, 7) is 6.46. The van der Waals surface area contributed by atoms with Gasteiger partial charge in [0.2, 0.25) is 0 Å². The molecule has 1 aliphatic rings. The van der Waals surface area contributed by atoms with E-state index in [1.807, 2.05) is 26.0 Å². The Labute approximate surface area is 257 Å². The van der Waals surface area contributed by atoms with Crippen molar-refractivity contribution >= 4 is 11.9 Å². The van der Waals surface area contributed by atoms with E-state index in [1.165, 1.54) is 12.1 Å². The number of esters is 2. The molecule has 0 radical (unpaired) electrons. The topological polar surface area (TPSA) is 71.1 Å². The molecule has 44 heavy (non-hydrogen) atoms. The minimum absolute atomic E-state index is 0.0609. The Bertz CT molecular complexity index is 1440. The van der Waals surface area contributed by atoms with E-state index in [0.29, 0.717) is 29.5 Å². The molecule has 3 aromatic rings. The third-order valence-electron chi connectivity index (χ3n) is 7.17. The lowest BCUT2D eigenvalue weighted by Crippen LogP contribution is -2.39. The van der Waals surface area contributed by atoms with Crippen LogP contribution in [0.4, 0.5) is 8.78 Å². The van der Waals surface area contributed by atoms with E-state index < -0.39 is 42.1 Å². The van der Waals surface area contributed by atoms with E-state index >= 15 is 0 Å². The highest BCUT2D eigenvalue weighted by molar-refractivity contribution is 5.86. The normalized spacial score (nSPS) is 16.3. The van der Waals surface area contributed by atoms with Gasteiger partial charge in [-0.05, 0) is 54.7 Å². The molecule has 4 rings (SSSR count). The molecule has 8 heteroatoms. The first kappa shape index (κ1) is 32.8. The molecule has 0 saturated carbocycles. The molecule has 1 aliphatic heterocycles. The van der Waals surface area contributed by atoms with Crippen molar-refractivity contribution in [1.82, 2.24) is 0 Å². The van der Waals surface area contributed by atoms with Gasteiger partial charge in [-0.15, -0.1) is 0 Å². The van der Waals surface area contributed by atoms with Crippen LogP contribution in [0.15, 0.2) is 60.7 Å². The summed E-state index contributed by atoms with van der Waals surface area (Å²) in [5.74, 6) is 2.23. The van der Waals surface area contributed by atoms with Crippen LogP contribution in [0.5, 0.6) is 0 Å². The second-order valence-corrected chi connectivity index (χ2v) is 10.6. The number of hydrogen-bond acceptors (Lipinski definition) is 6. The van der Waals surface area contributed by atoms with Crippen LogP contribution in [0.3, 0.4) is 0 Å². The lowest BCUT2D eigenvalue weighted by Gasteiger charge is -2.14. The summed E-state index contributed by atoms with van der Waals surface area (Å²) in [5, 5.41) is 0. The van der Waals surface area contributed by atoms with Gasteiger partial charge in [0.25, 0.3) is 0 Å². The Morgan fingerprint density at radius 1 is 0.727 bits per heavy atom. The van der Waals surface area contributed by atoms with Crippen molar-refractivity contribution in [3.8, 4) is 23.0 Å². The third-order valence-corrected chi connectivity index (χ3v) is 7.17. The molecule has 0 spiro atoms. The first-order valence-electron chi connectivity index (χ1n) is 15.2. The number of unbranched alkanes of at least 4 members (excludes halogenated alkanes) is 2. The van der Waals surface area contributed by atoms with Gasteiger partial charge in [-0.3, -0.25) is 0 Å². The van der Waals surface area contributed by atoms with Crippen LogP contribution in [0.1, 0.15) is 81.4 Å². The Hall–Kier alpha value is -4.06. The van der Waals surface area contributed by atoms with Gasteiger partial charge in [0.15, 0.2) is 30.1 Å². The van der Waals surface area contributed by atoms with E-state index in [2.05, 4.69) is 18.8 Å². The highest BCUT2D eigenvalue weighted by Gasteiger charge is 2.47. The van der Waals surface area contributed by atoms with E-state index in [1.54, 1.807) is 36.4 Å². The molecular weight excluding hydrogens is 566 g/mol. The van der Waals surface area contributed by atoms with Crippen molar-refractivity contribution in [2.24, 2.45) is 0 Å². The van der Waals surface area contributed by atoms with Gasteiger partial charge in [0, 0.05) is 16.7 Å². The van der Waals surface area contributed by atoms with Crippen LogP contribution >= 0.6 is 0 Å². The van der Waals surface area contributed by atoms with Crippen molar-refractivity contribution in [2.75, 3.05) is 13.2 Å². The molecule has 6 nitrogen and oxygen atoms in total. The standard InChI is InChI=1S/C36H38F2O6/c1-4-7-22-41-34(39)32-33(35(40)42-23-8-5-2)44-36(43-32)28-18-13-25(14-19-28)12-17-27-20-21-29(31(38)30(27)37)26-15-10-24(9-6-3)11-16-26/h10-11,13-16,18-21,32-33,36H,4-9,22-23H2,1-3H3/t32-,33-/m1/s1. The lowest BCUT2D eigenvalue weighted by molar-refractivity contribution is -0.163. The van der Waals surface area contributed by atoms with Crippen molar-refractivity contribution in [3.05, 3.63) is 94.6 Å². The third kappa shape index (κ3) is 8.31. The van der Waals surface area contributed by atoms with Crippen molar-refractivity contribution < 1.29 is 37.3 Å². The number of ether oxygens (including phenoxy) is 4. The second-order valence-electron chi connectivity index (χ2n) is 10.6. The molecule has 0 aliphatic carbocycles. The van der Waals surface area contributed by atoms with Gasteiger partial charge in [-0.2, -0.15) is 0 Å². The Morgan fingerprint density at radius 3 is 1.86 bits per heavy atom. The Morgan fingerprint density at radius 2 is 1.32 bits per heavy atom. The number of hydrogen-bond donors (Lipinski definition) is 0. The zero-order chi connectivity index (χ0) is 31.5. The molecule has 0 aromatic heterocycles. The quantitative estimate of drug-likeness (QED) is 0.122. The Kier molecular flexibility index (Phi) is 12.0. The first-order chi connectivity index (χ1) is 21.4. The van der Waals surface area contributed by atoms with Gasteiger partial charge in [0.1, 0.15) is 0 Å². The van der Waals surface area contributed by atoms with Crippen LogP contribution in [0, 0.1) is 23.5 Å². The fraction of sp³-hybridized carbons (Fsp3) is 0.389. The smallest absolute Gasteiger partial charge is 0.338 e. The molecule has 0 unspecified atom stereocenters. The summed E-state index contributed by atoms with van der Waals surface area (Å²) in [4.78, 5) is 25.4. The summed E-state index contributed by atoms with van der Waals surface area (Å²) >= 11 is 0. The summed E-state index contributed by atoms with van der Waals surface area (Å²) in [6, 6.07) is 17.1. The van der Waals surface area contributed by atoms with Crippen molar-refractivity contribution in [3.63, 3.8) is 0 Å². The number of benzene rings is 3. The maximum Gasteiger partial charge on any atom is 0.338 e. The van der Waals surface area contributed by atoms with E-state index in [4.69, 9.17) is 18.9 Å². The molecule has 1 saturated heterocycles. The fourth-order valence-corrected chi connectivity index (χ4v) is 4.63. The van der Waals surface area contributed by atoms with Gasteiger partial charge >= 0.3 is 11.9 Å². The predicted molar refractivity (Wildman–Crippen MR) is 162 cm³/mol. The van der Waals surface area contributed by atoms with E-state index in [0.717, 1.165) is 31.2 Å². The summed E-state index contributed by atoms with van der Waals surface area (Å²) < 4.78 is 52.1. The lowest BCUT2D eigenvalue weighted by atomic mass is 10.00. The van der Waals surface area contributed by atoms with Crippen LogP contribution in [0.25, 0.3) is 11.1 Å². The molecule has 1 heterocycles. The number of rotatable bonds is 12. The number of carbonyl (C=O) groups excluding carboxylic acids is 2. The van der Waals surface area contributed by atoms with Gasteiger partial charge < -0.3 is 18.9 Å². The monoisotopic (exact) mass is 604 g/mol. The van der Waals surface area contributed by atoms with E-state index in [-0.39, 0.29) is 24.3 Å². The highest BCUT2D eigenvalue weighted by atomic mass is 19.2. The van der Waals surface area contributed by atoms with Gasteiger partial charge in [0.05, 0.1) is 18.8 Å². The SMILES string of the molecule is CCCCOC(=O)[C@@H]1OC(c2ccc(C#Cc3ccc(-c4ccc(CCC)cc4)c(F)c3F)cc2)O[C@H]1C(=O)OCCCC. The maximum absolute atomic E-state index is 15.0. The molecule has 3 aromatic carbocycles. The highest BCUT2D eigenvalue weighted by Crippen LogP contribution is 2.33. The van der Waals surface area contributed by atoms with E-state index in [9.17, 15) is 18.4 Å². The molecule has 232 valence electrons. The molecule has 0 N–H and O–H groups in total. The van der Waals surface area contributed by atoms with Crippen LogP contribution in [0.2, 0.25) is 0 Å². The summed E-state index contributed by atoms with van der Waals surface area (Å²) in [6.07, 6.45) is 1.45. The van der Waals surface area contributed by atoms with Crippen LogP contribution < -0.4 is 0 Å². The Balaban J connectivity index is 1.46.